The fraction of sp³-hybridized carbons (Fsp3) is 0.500. The highest BCUT2D eigenvalue weighted by molar-refractivity contribution is 5.89. The standard InChI is InChI=1S/C14H18F3N3O2/c1-10-6-5-7-11(19-10)20-12(21)8-3-2-4-9-18-13(22)14(15,16)17/h5-7H,2-4,8-9H2,1H3,(H,18,22)(H,19,20,21). The Morgan fingerprint density at radius 2 is 1.91 bits per heavy atom. The molecule has 5 nitrogen and oxygen atoms in total. The lowest BCUT2D eigenvalue weighted by Gasteiger charge is -2.07. The van der Waals surface area contributed by atoms with E-state index in [1.54, 1.807) is 17.4 Å². The summed E-state index contributed by atoms with van der Waals surface area (Å²) in [7, 11) is 0. The highest BCUT2D eigenvalue weighted by atomic mass is 19.4. The van der Waals surface area contributed by atoms with E-state index in [-0.39, 0.29) is 18.9 Å². The van der Waals surface area contributed by atoms with E-state index in [0.717, 1.165) is 5.69 Å². The minimum absolute atomic E-state index is 0.0562. The summed E-state index contributed by atoms with van der Waals surface area (Å²) in [5.74, 6) is -1.66. The van der Waals surface area contributed by atoms with E-state index in [1.165, 1.54) is 0 Å². The van der Waals surface area contributed by atoms with Crippen LogP contribution in [0.2, 0.25) is 0 Å². The van der Waals surface area contributed by atoms with Crippen molar-refractivity contribution in [1.29, 1.82) is 0 Å². The van der Waals surface area contributed by atoms with Gasteiger partial charge in [0.05, 0.1) is 0 Å². The van der Waals surface area contributed by atoms with Gasteiger partial charge >= 0.3 is 12.1 Å². The lowest BCUT2D eigenvalue weighted by Crippen LogP contribution is -2.37. The Balaban J connectivity index is 2.12. The lowest BCUT2D eigenvalue weighted by atomic mass is 10.2. The number of rotatable bonds is 7. The minimum Gasteiger partial charge on any atom is -0.348 e. The number of pyridine rings is 1. The van der Waals surface area contributed by atoms with Crippen LogP contribution in [0, 0.1) is 6.92 Å². The molecular weight excluding hydrogens is 299 g/mol. The van der Waals surface area contributed by atoms with Gasteiger partial charge in [0.15, 0.2) is 0 Å². The maximum atomic E-state index is 11.9. The van der Waals surface area contributed by atoms with Crippen LogP contribution in [0.15, 0.2) is 18.2 Å². The maximum Gasteiger partial charge on any atom is 0.471 e. The normalized spacial score (nSPS) is 11.1. The van der Waals surface area contributed by atoms with Gasteiger partial charge in [-0.3, -0.25) is 9.59 Å². The first-order valence-electron chi connectivity index (χ1n) is 6.87. The van der Waals surface area contributed by atoms with Crippen LogP contribution < -0.4 is 10.6 Å². The second kappa shape index (κ2) is 8.35. The number of nitrogens with zero attached hydrogens (tertiary/aromatic N) is 1. The number of anilines is 1. The van der Waals surface area contributed by atoms with Crippen molar-refractivity contribution in [3.63, 3.8) is 0 Å². The average molecular weight is 317 g/mol. The van der Waals surface area contributed by atoms with E-state index >= 15 is 0 Å². The fourth-order valence-corrected chi connectivity index (χ4v) is 1.71. The van der Waals surface area contributed by atoms with Crippen molar-refractivity contribution < 1.29 is 22.8 Å². The molecule has 1 aromatic heterocycles. The summed E-state index contributed by atoms with van der Waals surface area (Å²) in [4.78, 5) is 26.3. The lowest BCUT2D eigenvalue weighted by molar-refractivity contribution is -0.173. The molecule has 0 saturated heterocycles. The number of hydrogen-bond acceptors (Lipinski definition) is 3. The molecule has 0 bridgehead atoms. The molecule has 8 heteroatoms. The molecular formula is C14H18F3N3O2. The molecule has 22 heavy (non-hydrogen) atoms. The molecule has 122 valence electrons. The third-order valence-corrected chi connectivity index (χ3v) is 2.78. The molecule has 2 N–H and O–H groups in total. The zero-order valence-corrected chi connectivity index (χ0v) is 12.2. The number of nitrogens with one attached hydrogen (secondary N) is 2. The number of hydrogen-bond donors (Lipinski definition) is 2. The van der Waals surface area contributed by atoms with Gasteiger partial charge < -0.3 is 10.6 Å². The third-order valence-electron chi connectivity index (χ3n) is 2.78. The first kappa shape index (κ1) is 17.9. The second-order valence-electron chi connectivity index (χ2n) is 4.78. The molecule has 2 amide bonds. The summed E-state index contributed by atoms with van der Waals surface area (Å²) < 4.78 is 35.7. The Morgan fingerprint density at radius 1 is 1.18 bits per heavy atom. The van der Waals surface area contributed by atoms with E-state index in [4.69, 9.17) is 0 Å². The van der Waals surface area contributed by atoms with Crippen molar-refractivity contribution >= 4 is 17.6 Å². The highest BCUT2D eigenvalue weighted by Gasteiger charge is 2.38. The van der Waals surface area contributed by atoms with Crippen LogP contribution in [0.25, 0.3) is 0 Å². The zero-order valence-electron chi connectivity index (χ0n) is 12.2. The van der Waals surface area contributed by atoms with Crippen molar-refractivity contribution in [2.45, 2.75) is 38.8 Å². The van der Waals surface area contributed by atoms with Gasteiger partial charge in [0, 0.05) is 18.7 Å². The predicted octanol–water partition coefficient (Wildman–Crippen LogP) is 2.57. The summed E-state index contributed by atoms with van der Waals surface area (Å²) >= 11 is 0. The Morgan fingerprint density at radius 3 is 2.55 bits per heavy atom. The number of aryl methyl sites for hydroxylation is 1. The summed E-state index contributed by atoms with van der Waals surface area (Å²) in [5, 5.41) is 4.43. The van der Waals surface area contributed by atoms with Crippen LogP contribution >= 0.6 is 0 Å². The number of aromatic nitrogens is 1. The quantitative estimate of drug-likeness (QED) is 0.759. The van der Waals surface area contributed by atoms with Crippen LogP contribution in [0.1, 0.15) is 31.4 Å². The molecule has 0 aliphatic carbocycles. The monoisotopic (exact) mass is 317 g/mol. The summed E-state index contributed by atoms with van der Waals surface area (Å²) in [6.07, 6.45) is -3.13. The number of alkyl halides is 3. The fourth-order valence-electron chi connectivity index (χ4n) is 1.71. The van der Waals surface area contributed by atoms with E-state index in [0.29, 0.717) is 25.1 Å². The number of halogens is 3. The van der Waals surface area contributed by atoms with Crippen LogP contribution in [0.5, 0.6) is 0 Å². The number of unbranched alkanes of at least 4 members (excludes halogenated alkanes) is 2. The first-order chi connectivity index (χ1) is 10.3. The van der Waals surface area contributed by atoms with Crippen molar-refractivity contribution in [2.75, 3.05) is 11.9 Å². The first-order valence-corrected chi connectivity index (χ1v) is 6.87. The van der Waals surface area contributed by atoms with Gasteiger partial charge in [-0.15, -0.1) is 0 Å². The van der Waals surface area contributed by atoms with Gasteiger partial charge in [-0.25, -0.2) is 4.98 Å². The predicted molar refractivity (Wildman–Crippen MR) is 75.1 cm³/mol. The van der Waals surface area contributed by atoms with Crippen LogP contribution in [0.4, 0.5) is 19.0 Å². The molecule has 1 heterocycles. The topological polar surface area (TPSA) is 71.1 Å². The third kappa shape index (κ3) is 7.05. The molecule has 0 atom stereocenters. The van der Waals surface area contributed by atoms with Crippen molar-refractivity contribution in [1.82, 2.24) is 10.3 Å². The number of amides is 2. The molecule has 0 aliphatic rings. The molecule has 1 aromatic rings. The largest absolute Gasteiger partial charge is 0.471 e. The van der Waals surface area contributed by atoms with Crippen molar-refractivity contribution in [3.8, 4) is 0 Å². The van der Waals surface area contributed by atoms with Crippen molar-refractivity contribution in [3.05, 3.63) is 23.9 Å². The molecule has 0 aromatic carbocycles. The SMILES string of the molecule is Cc1cccc(NC(=O)CCCCCNC(=O)C(F)(F)F)n1. The van der Waals surface area contributed by atoms with E-state index < -0.39 is 12.1 Å². The molecule has 0 saturated carbocycles. The van der Waals surface area contributed by atoms with Gasteiger partial charge in [-0.05, 0) is 31.9 Å². The number of carbonyl (C=O) groups is 2. The van der Waals surface area contributed by atoms with Gasteiger partial charge in [-0.2, -0.15) is 13.2 Å². The Kier molecular flexibility index (Phi) is 6.81. The smallest absolute Gasteiger partial charge is 0.348 e. The number of carbonyl (C=O) groups excluding carboxylic acids is 2. The van der Waals surface area contributed by atoms with Crippen LogP contribution in [0.3, 0.4) is 0 Å². The van der Waals surface area contributed by atoms with Gasteiger partial charge in [-0.1, -0.05) is 12.5 Å². The molecule has 0 radical (unpaired) electrons. The molecule has 1 rings (SSSR count). The van der Waals surface area contributed by atoms with Gasteiger partial charge in [0.25, 0.3) is 0 Å². The Bertz CT molecular complexity index is 518. The average Bonchev–Trinajstić information content (AvgIpc) is 2.41. The van der Waals surface area contributed by atoms with E-state index in [9.17, 15) is 22.8 Å². The summed E-state index contributed by atoms with van der Waals surface area (Å²) in [5.41, 5.74) is 0.790. The van der Waals surface area contributed by atoms with Crippen molar-refractivity contribution in [2.24, 2.45) is 0 Å². The Hall–Kier alpha value is -2.12. The molecule has 0 unspecified atom stereocenters. The van der Waals surface area contributed by atoms with Crippen LogP contribution in [-0.2, 0) is 9.59 Å². The molecule has 0 fully saturated rings. The van der Waals surface area contributed by atoms with Gasteiger partial charge in [0.2, 0.25) is 5.91 Å². The van der Waals surface area contributed by atoms with Crippen LogP contribution in [-0.4, -0.2) is 29.5 Å². The molecule has 0 spiro atoms. The summed E-state index contributed by atoms with van der Waals surface area (Å²) in [6.45, 7) is 1.75. The minimum atomic E-state index is -4.85. The Labute approximate surface area is 126 Å². The summed E-state index contributed by atoms with van der Waals surface area (Å²) in [6, 6.07) is 5.27. The van der Waals surface area contributed by atoms with Gasteiger partial charge in [0.1, 0.15) is 5.82 Å². The zero-order chi connectivity index (χ0) is 16.6. The van der Waals surface area contributed by atoms with E-state index in [1.807, 2.05) is 13.0 Å². The second-order valence-corrected chi connectivity index (χ2v) is 4.78. The van der Waals surface area contributed by atoms with E-state index in [2.05, 4.69) is 10.3 Å². The maximum absolute atomic E-state index is 11.9. The highest BCUT2D eigenvalue weighted by Crippen LogP contribution is 2.14. The molecule has 0 aliphatic heterocycles.